The maximum atomic E-state index is 11.9. The van der Waals surface area contributed by atoms with Crippen molar-refractivity contribution in [3.63, 3.8) is 0 Å². The van der Waals surface area contributed by atoms with Crippen LogP contribution in [0.4, 0.5) is 0 Å². The summed E-state index contributed by atoms with van der Waals surface area (Å²) in [4.78, 5) is 0.127. The lowest BCUT2D eigenvalue weighted by Crippen LogP contribution is -1.97. The molecule has 104 valence electrons. The van der Waals surface area contributed by atoms with Crippen molar-refractivity contribution in [2.75, 3.05) is 7.11 Å². The Hall–Kier alpha value is -2.34. The molecule has 0 aliphatic heterocycles. The van der Waals surface area contributed by atoms with Gasteiger partial charge in [-0.25, -0.2) is 0 Å². The highest BCUT2D eigenvalue weighted by molar-refractivity contribution is 7.90. The van der Waals surface area contributed by atoms with Gasteiger partial charge in [0, 0.05) is 6.21 Å². The van der Waals surface area contributed by atoms with E-state index in [1.165, 1.54) is 37.6 Å². The van der Waals surface area contributed by atoms with Crippen molar-refractivity contribution in [3.05, 3.63) is 54.1 Å². The van der Waals surface area contributed by atoms with Crippen LogP contribution < -0.4 is 4.74 Å². The molecule has 0 spiro atoms. The Labute approximate surface area is 117 Å². The van der Waals surface area contributed by atoms with E-state index in [0.29, 0.717) is 5.56 Å². The SMILES string of the molecule is COc1cc(/C=N\S(=O)(=O)c2ccccc2)ccc1O. The smallest absolute Gasteiger partial charge is 0.282 e. The highest BCUT2D eigenvalue weighted by Gasteiger charge is 2.10. The van der Waals surface area contributed by atoms with E-state index in [9.17, 15) is 13.5 Å². The number of phenolic OH excluding ortho intramolecular Hbond substituents is 1. The lowest BCUT2D eigenvalue weighted by molar-refractivity contribution is 0.373. The minimum Gasteiger partial charge on any atom is -0.504 e. The summed E-state index contributed by atoms with van der Waals surface area (Å²) in [6.07, 6.45) is 1.21. The third kappa shape index (κ3) is 3.16. The number of hydrogen-bond acceptors (Lipinski definition) is 4. The van der Waals surface area contributed by atoms with Crippen LogP contribution in [0.15, 0.2) is 57.8 Å². The number of hydrogen-bond donors (Lipinski definition) is 1. The Morgan fingerprint density at radius 3 is 2.50 bits per heavy atom. The third-order valence-corrected chi connectivity index (χ3v) is 3.84. The molecular weight excluding hydrogens is 278 g/mol. The van der Waals surface area contributed by atoms with Crippen LogP contribution in [-0.4, -0.2) is 26.8 Å². The maximum Gasteiger partial charge on any atom is 0.282 e. The van der Waals surface area contributed by atoms with E-state index in [1.807, 2.05) is 0 Å². The fourth-order valence-electron chi connectivity index (χ4n) is 1.56. The number of phenols is 1. The molecule has 0 aliphatic carbocycles. The number of aromatic hydroxyl groups is 1. The zero-order chi connectivity index (χ0) is 14.6. The van der Waals surface area contributed by atoms with Crippen molar-refractivity contribution in [1.29, 1.82) is 0 Å². The molecule has 1 N–H and O–H groups in total. The summed E-state index contributed by atoms with van der Waals surface area (Å²) in [6, 6.07) is 12.4. The average molecular weight is 291 g/mol. The fraction of sp³-hybridized carbons (Fsp3) is 0.0714. The predicted octanol–water partition coefficient (Wildman–Crippen LogP) is 2.21. The largest absolute Gasteiger partial charge is 0.504 e. The van der Waals surface area contributed by atoms with Crippen LogP contribution in [-0.2, 0) is 10.0 Å². The van der Waals surface area contributed by atoms with Gasteiger partial charge in [0.2, 0.25) is 0 Å². The minimum absolute atomic E-state index is 0.0180. The van der Waals surface area contributed by atoms with E-state index >= 15 is 0 Å². The Bertz CT molecular complexity index is 724. The van der Waals surface area contributed by atoms with Crippen LogP contribution in [0.25, 0.3) is 0 Å². The molecular formula is C14H13NO4S. The van der Waals surface area contributed by atoms with Gasteiger partial charge < -0.3 is 9.84 Å². The number of ether oxygens (including phenoxy) is 1. The lowest BCUT2D eigenvalue weighted by Gasteiger charge is -2.03. The second kappa shape index (κ2) is 5.75. The molecule has 2 rings (SSSR count). The molecule has 0 fully saturated rings. The van der Waals surface area contributed by atoms with E-state index in [1.54, 1.807) is 24.3 Å². The predicted molar refractivity (Wildman–Crippen MR) is 75.9 cm³/mol. The first-order valence-corrected chi connectivity index (χ1v) is 7.19. The number of rotatable bonds is 4. The highest BCUT2D eigenvalue weighted by atomic mass is 32.2. The normalized spacial score (nSPS) is 11.7. The van der Waals surface area contributed by atoms with E-state index < -0.39 is 10.0 Å². The van der Waals surface area contributed by atoms with Gasteiger partial charge in [-0.15, -0.1) is 0 Å². The molecule has 2 aromatic carbocycles. The zero-order valence-electron chi connectivity index (χ0n) is 10.7. The van der Waals surface area contributed by atoms with Crippen molar-refractivity contribution in [3.8, 4) is 11.5 Å². The first-order valence-electron chi connectivity index (χ1n) is 5.75. The van der Waals surface area contributed by atoms with Crippen LogP contribution in [0.5, 0.6) is 11.5 Å². The quantitative estimate of drug-likeness (QED) is 0.876. The molecule has 0 saturated carbocycles. The van der Waals surface area contributed by atoms with Crippen molar-refractivity contribution < 1.29 is 18.3 Å². The fourth-order valence-corrected chi connectivity index (χ4v) is 2.44. The summed E-state index contributed by atoms with van der Waals surface area (Å²) >= 11 is 0. The lowest BCUT2D eigenvalue weighted by atomic mass is 10.2. The number of methoxy groups -OCH3 is 1. The van der Waals surface area contributed by atoms with Crippen LogP contribution in [0.1, 0.15) is 5.56 Å². The minimum atomic E-state index is -3.72. The number of benzene rings is 2. The monoisotopic (exact) mass is 291 g/mol. The third-order valence-electron chi connectivity index (χ3n) is 2.59. The van der Waals surface area contributed by atoms with Crippen LogP contribution >= 0.6 is 0 Å². The van der Waals surface area contributed by atoms with E-state index in [2.05, 4.69) is 4.40 Å². The van der Waals surface area contributed by atoms with Gasteiger partial charge in [-0.3, -0.25) is 0 Å². The summed E-state index contributed by atoms with van der Waals surface area (Å²) in [6.45, 7) is 0. The van der Waals surface area contributed by atoms with Crippen LogP contribution in [0.3, 0.4) is 0 Å². The van der Waals surface area contributed by atoms with Gasteiger partial charge in [0.25, 0.3) is 10.0 Å². The molecule has 0 saturated heterocycles. The van der Waals surface area contributed by atoms with Crippen molar-refractivity contribution in [2.24, 2.45) is 4.40 Å². The summed E-state index contributed by atoms with van der Waals surface area (Å²) in [5.74, 6) is 0.238. The van der Waals surface area contributed by atoms with Gasteiger partial charge in [-0.2, -0.15) is 12.8 Å². The molecule has 0 bridgehead atoms. The zero-order valence-corrected chi connectivity index (χ0v) is 11.5. The first kappa shape index (κ1) is 14.1. The Kier molecular flexibility index (Phi) is 4.05. The second-order valence-corrected chi connectivity index (χ2v) is 5.59. The molecule has 0 aromatic heterocycles. The van der Waals surface area contributed by atoms with Gasteiger partial charge in [0.1, 0.15) is 0 Å². The molecule has 0 amide bonds. The average Bonchev–Trinajstić information content (AvgIpc) is 2.47. The molecule has 6 heteroatoms. The van der Waals surface area contributed by atoms with Gasteiger partial charge in [-0.1, -0.05) is 18.2 Å². The van der Waals surface area contributed by atoms with Crippen LogP contribution in [0, 0.1) is 0 Å². The van der Waals surface area contributed by atoms with Crippen molar-refractivity contribution >= 4 is 16.2 Å². The van der Waals surface area contributed by atoms with Crippen molar-refractivity contribution in [2.45, 2.75) is 4.90 Å². The topological polar surface area (TPSA) is 76.0 Å². The van der Waals surface area contributed by atoms with E-state index in [0.717, 1.165) is 0 Å². The molecule has 2 aromatic rings. The van der Waals surface area contributed by atoms with Crippen molar-refractivity contribution in [1.82, 2.24) is 0 Å². The van der Waals surface area contributed by atoms with Crippen LogP contribution in [0.2, 0.25) is 0 Å². The summed E-state index contributed by atoms with van der Waals surface area (Å²) in [5, 5.41) is 9.45. The maximum absolute atomic E-state index is 11.9. The Balaban J connectivity index is 2.30. The first-order chi connectivity index (χ1) is 9.53. The summed E-state index contributed by atoms with van der Waals surface area (Å²) < 4.78 is 32.4. The number of nitrogens with zero attached hydrogens (tertiary/aromatic N) is 1. The Morgan fingerprint density at radius 1 is 1.15 bits per heavy atom. The molecule has 20 heavy (non-hydrogen) atoms. The van der Waals surface area contributed by atoms with E-state index in [-0.39, 0.29) is 16.4 Å². The van der Waals surface area contributed by atoms with E-state index in [4.69, 9.17) is 4.74 Å². The molecule has 0 unspecified atom stereocenters. The molecule has 0 aliphatic rings. The summed E-state index contributed by atoms with van der Waals surface area (Å²) in [5.41, 5.74) is 0.513. The molecule has 5 nitrogen and oxygen atoms in total. The van der Waals surface area contributed by atoms with Gasteiger partial charge in [-0.05, 0) is 35.9 Å². The van der Waals surface area contributed by atoms with Gasteiger partial charge in [0.15, 0.2) is 11.5 Å². The number of sulfonamides is 1. The Morgan fingerprint density at radius 2 is 1.85 bits per heavy atom. The van der Waals surface area contributed by atoms with Gasteiger partial charge >= 0.3 is 0 Å². The second-order valence-electron chi connectivity index (χ2n) is 3.95. The highest BCUT2D eigenvalue weighted by Crippen LogP contribution is 2.25. The summed E-state index contributed by atoms with van der Waals surface area (Å²) in [7, 11) is -2.31. The van der Waals surface area contributed by atoms with Gasteiger partial charge in [0.05, 0.1) is 12.0 Å². The standard InChI is InChI=1S/C14H13NO4S/c1-19-14-9-11(7-8-13(14)16)10-15-20(17,18)12-5-3-2-4-6-12/h2-10,16H,1H3/b15-10-. The molecule has 0 atom stereocenters. The molecule has 0 heterocycles. The molecule has 0 radical (unpaired) electrons.